The number of rotatable bonds is 0. The molecule has 1 aromatic heterocycles. The van der Waals surface area contributed by atoms with Crippen molar-refractivity contribution < 1.29 is 4.52 Å². The van der Waals surface area contributed by atoms with Gasteiger partial charge in [-0.2, -0.15) is 0 Å². The van der Waals surface area contributed by atoms with Gasteiger partial charge >= 0.3 is 0 Å². The summed E-state index contributed by atoms with van der Waals surface area (Å²) in [6, 6.07) is 0. The van der Waals surface area contributed by atoms with Crippen molar-refractivity contribution in [1.82, 2.24) is 5.16 Å². The Morgan fingerprint density at radius 3 is 2.90 bits per heavy atom. The van der Waals surface area contributed by atoms with Gasteiger partial charge in [0.15, 0.2) is 0 Å². The summed E-state index contributed by atoms with van der Waals surface area (Å²) in [6.07, 6.45) is 4.74. The molecule has 2 rings (SSSR count). The van der Waals surface area contributed by atoms with Crippen LogP contribution in [0.4, 0.5) is 0 Å². The molecule has 0 bridgehead atoms. The number of fused-ring (bicyclic) bond motifs is 1. The molecule has 0 atom stereocenters. The van der Waals surface area contributed by atoms with E-state index in [2.05, 4.69) is 21.1 Å². The van der Waals surface area contributed by atoms with Gasteiger partial charge in [0.2, 0.25) is 4.67 Å². The van der Waals surface area contributed by atoms with Crippen molar-refractivity contribution >= 4 is 15.9 Å². The van der Waals surface area contributed by atoms with Crippen LogP contribution >= 0.6 is 15.9 Å². The molecule has 1 aliphatic carbocycles. The summed E-state index contributed by atoms with van der Waals surface area (Å²) in [5.41, 5.74) is 2.43. The van der Waals surface area contributed by atoms with Gasteiger partial charge < -0.3 is 4.52 Å². The minimum Gasteiger partial charge on any atom is -0.349 e. The van der Waals surface area contributed by atoms with Crippen LogP contribution in [0.15, 0.2) is 9.19 Å². The Kier molecular flexibility index (Phi) is 1.52. The van der Waals surface area contributed by atoms with E-state index in [-0.39, 0.29) is 0 Å². The van der Waals surface area contributed by atoms with Gasteiger partial charge in [-0.1, -0.05) is 5.16 Å². The van der Waals surface area contributed by atoms with Crippen molar-refractivity contribution in [3.05, 3.63) is 15.9 Å². The Bertz CT molecular complexity index is 244. The molecule has 0 aliphatic heterocycles. The molecule has 0 N–H and O–H groups in total. The van der Waals surface area contributed by atoms with Crippen LogP contribution in [-0.4, -0.2) is 5.16 Å². The van der Waals surface area contributed by atoms with E-state index in [0.29, 0.717) is 0 Å². The maximum atomic E-state index is 4.98. The number of aryl methyl sites for hydroxylation is 1. The van der Waals surface area contributed by atoms with Gasteiger partial charge in [-0.05, 0) is 41.6 Å². The highest BCUT2D eigenvalue weighted by Crippen LogP contribution is 2.27. The number of nitrogens with zero attached hydrogens (tertiary/aromatic N) is 1. The van der Waals surface area contributed by atoms with Crippen molar-refractivity contribution in [2.45, 2.75) is 25.7 Å². The zero-order valence-electron chi connectivity index (χ0n) is 5.56. The van der Waals surface area contributed by atoms with Crippen LogP contribution in [-0.2, 0) is 12.8 Å². The highest BCUT2D eigenvalue weighted by molar-refractivity contribution is 9.10. The van der Waals surface area contributed by atoms with Crippen molar-refractivity contribution in [3.8, 4) is 0 Å². The molecular formula is C7H8BrNO. The van der Waals surface area contributed by atoms with Crippen LogP contribution in [0.2, 0.25) is 0 Å². The number of aromatic nitrogens is 1. The average Bonchev–Trinajstić information content (AvgIpc) is 2.34. The fourth-order valence-corrected chi connectivity index (χ4v) is 1.85. The lowest BCUT2D eigenvalue weighted by Crippen LogP contribution is -2.00. The second-order valence-corrected chi connectivity index (χ2v) is 3.31. The molecular weight excluding hydrogens is 194 g/mol. The maximum Gasteiger partial charge on any atom is 0.205 e. The van der Waals surface area contributed by atoms with Gasteiger partial charge in [0.05, 0.1) is 5.69 Å². The minimum atomic E-state index is 0.835. The average molecular weight is 202 g/mol. The topological polar surface area (TPSA) is 26.0 Å². The first-order valence-electron chi connectivity index (χ1n) is 3.51. The monoisotopic (exact) mass is 201 g/mol. The molecule has 0 aromatic carbocycles. The summed E-state index contributed by atoms with van der Waals surface area (Å²) in [7, 11) is 0. The van der Waals surface area contributed by atoms with Gasteiger partial charge in [-0.3, -0.25) is 0 Å². The van der Waals surface area contributed by atoms with E-state index in [9.17, 15) is 0 Å². The summed E-state index contributed by atoms with van der Waals surface area (Å²) >= 11 is 3.32. The zero-order valence-corrected chi connectivity index (χ0v) is 7.15. The smallest absolute Gasteiger partial charge is 0.205 e. The zero-order chi connectivity index (χ0) is 6.97. The second kappa shape index (κ2) is 2.38. The molecule has 0 saturated heterocycles. The van der Waals surface area contributed by atoms with Gasteiger partial charge in [0.1, 0.15) is 0 Å². The maximum absolute atomic E-state index is 4.98. The molecule has 0 fully saturated rings. The van der Waals surface area contributed by atoms with E-state index in [4.69, 9.17) is 4.52 Å². The second-order valence-electron chi connectivity index (χ2n) is 2.59. The molecule has 0 amide bonds. The van der Waals surface area contributed by atoms with Gasteiger partial charge in [-0.25, -0.2) is 0 Å². The van der Waals surface area contributed by atoms with E-state index in [1.165, 1.54) is 18.4 Å². The lowest BCUT2D eigenvalue weighted by Gasteiger charge is -2.06. The van der Waals surface area contributed by atoms with Crippen LogP contribution in [0.3, 0.4) is 0 Å². The number of hydrogen-bond donors (Lipinski definition) is 0. The third kappa shape index (κ3) is 0.888. The van der Waals surface area contributed by atoms with Crippen molar-refractivity contribution in [2.24, 2.45) is 0 Å². The van der Waals surface area contributed by atoms with Crippen molar-refractivity contribution in [3.63, 3.8) is 0 Å². The molecule has 1 heterocycles. The summed E-state index contributed by atoms with van der Waals surface area (Å²) in [6.45, 7) is 0. The molecule has 0 radical (unpaired) electrons. The lowest BCUT2D eigenvalue weighted by atomic mass is 9.99. The lowest BCUT2D eigenvalue weighted by molar-refractivity contribution is 0.393. The van der Waals surface area contributed by atoms with Gasteiger partial charge in [0.25, 0.3) is 0 Å². The number of halogens is 1. The molecule has 54 valence electrons. The summed E-state index contributed by atoms with van der Waals surface area (Å²) in [4.78, 5) is 0. The standard InChI is InChI=1S/C7H8BrNO/c8-7-5-3-1-2-4-6(5)9-10-7/h1-4H2. The van der Waals surface area contributed by atoms with Crippen LogP contribution in [0.1, 0.15) is 24.1 Å². The van der Waals surface area contributed by atoms with E-state index in [1.54, 1.807) is 0 Å². The first kappa shape index (κ1) is 6.40. The fourth-order valence-electron chi connectivity index (χ4n) is 1.35. The predicted octanol–water partition coefficient (Wildman–Crippen LogP) is 2.32. The molecule has 10 heavy (non-hydrogen) atoms. The van der Waals surface area contributed by atoms with E-state index in [1.807, 2.05) is 0 Å². The quantitative estimate of drug-likeness (QED) is 0.645. The summed E-state index contributed by atoms with van der Waals surface area (Å²) < 4.78 is 5.82. The highest BCUT2D eigenvalue weighted by atomic mass is 79.9. The van der Waals surface area contributed by atoms with Gasteiger partial charge in [-0.15, -0.1) is 0 Å². The summed E-state index contributed by atoms with van der Waals surface area (Å²) in [5.74, 6) is 0. The fraction of sp³-hybridized carbons (Fsp3) is 0.571. The third-order valence-electron chi connectivity index (χ3n) is 1.91. The Labute approximate surface area is 67.7 Å². The first-order valence-corrected chi connectivity index (χ1v) is 4.30. The van der Waals surface area contributed by atoms with Crippen LogP contribution in [0.25, 0.3) is 0 Å². The van der Waals surface area contributed by atoms with Crippen molar-refractivity contribution in [1.29, 1.82) is 0 Å². The van der Waals surface area contributed by atoms with E-state index in [0.717, 1.165) is 23.2 Å². The first-order chi connectivity index (χ1) is 4.88. The molecule has 2 nitrogen and oxygen atoms in total. The van der Waals surface area contributed by atoms with E-state index >= 15 is 0 Å². The predicted molar refractivity (Wildman–Crippen MR) is 40.8 cm³/mol. The third-order valence-corrected chi connectivity index (χ3v) is 2.54. The molecule has 0 spiro atoms. The largest absolute Gasteiger partial charge is 0.349 e. The Balaban J connectivity index is 2.45. The normalized spacial score (nSPS) is 16.9. The molecule has 0 saturated carbocycles. The van der Waals surface area contributed by atoms with Crippen molar-refractivity contribution in [2.75, 3.05) is 0 Å². The van der Waals surface area contributed by atoms with Crippen LogP contribution < -0.4 is 0 Å². The molecule has 1 aromatic rings. The molecule has 0 unspecified atom stereocenters. The Morgan fingerprint density at radius 1 is 1.30 bits per heavy atom. The molecule has 3 heteroatoms. The van der Waals surface area contributed by atoms with E-state index < -0.39 is 0 Å². The molecule has 1 aliphatic rings. The van der Waals surface area contributed by atoms with Crippen LogP contribution in [0, 0.1) is 0 Å². The highest BCUT2D eigenvalue weighted by Gasteiger charge is 2.16. The SMILES string of the molecule is Brc1onc2c1CCCC2. The Morgan fingerprint density at radius 2 is 2.10 bits per heavy atom. The van der Waals surface area contributed by atoms with Crippen LogP contribution in [0.5, 0.6) is 0 Å². The Hall–Kier alpha value is -0.310. The summed E-state index contributed by atoms with van der Waals surface area (Å²) in [5, 5.41) is 3.93. The van der Waals surface area contributed by atoms with Gasteiger partial charge in [0, 0.05) is 5.56 Å². The number of hydrogen-bond acceptors (Lipinski definition) is 2. The minimum absolute atomic E-state index is 0.835.